The number of likely N-dealkylation sites (tertiary alicyclic amines) is 2. The Kier molecular flexibility index (Phi) is 34.0. The molecule has 40 nitrogen and oxygen atoms in total. The van der Waals surface area contributed by atoms with Crippen LogP contribution in [0.5, 0.6) is 23.0 Å². The van der Waals surface area contributed by atoms with Gasteiger partial charge in [-0.25, -0.2) is 55.8 Å². The number of aliphatic carboxylic acids is 1. The van der Waals surface area contributed by atoms with Crippen LogP contribution in [0.4, 0.5) is 31.2 Å². The molecule has 0 bridgehead atoms. The topological polar surface area (TPSA) is 515 Å². The van der Waals surface area contributed by atoms with Crippen molar-refractivity contribution in [1.29, 1.82) is 0 Å². The maximum atomic E-state index is 14.5. The molecule has 0 unspecified atom stereocenters. The largest absolute Gasteiger partial charge is 0.497 e. The van der Waals surface area contributed by atoms with Crippen molar-refractivity contribution in [1.82, 2.24) is 49.8 Å². The van der Waals surface area contributed by atoms with Crippen molar-refractivity contribution >= 4 is 146 Å². The highest BCUT2D eigenvalue weighted by Gasteiger charge is 2.63. The molecular weight excluding hydrogens is 1830 g/mol. The van der Waals surface area contributed by atoms with E-state index < -0.39 is 161 Å². The lowest BCUT2D eigenvalue weighted by molar-refractivity contribution is -0.142. The van der Waals surface area contributed by atoms with Crippen LogP contribution < -0.4 is 60.3 Å². The molecule has 44 heteroatoms. The van der Waals surface area contributed by atoms with Crippen LogP contribution in [0.3, 0.4) is 0 Å². The molecule has 6 heterocycles. The normalized spacial score (nSPS) is 19.0. The third kappa shape index (κ3) is 27.3. The number of anilines is 4. The number of carbonyl (C=O) groups is 10. The number of hydrogen-bond acceptors (Lipinski definition) is 33. The van der Waals surface area contributed by atoms with E-state index in [0.29, 0.717) is 77.8 Å². The summed E-state index contributed by atoms with van der Waals surface area (Å²) in [7, 11) is -4.99. The van der Waals surface area contributed by atoms with Crippen molar-refractivity contribution in [2.45, 2.75) is 176 Å². The lowest BCUT2D eigenvalue weighted by atomic mass is 10.1. The van der Waals surface area contributed by atoms with E-state index in [4.69, 9.17) is 72.4 Å². The number of ether oxygens (including phenoxy) is 11. The summed E-state index contributed by atoms with van der Waals surface area (Å²) in [6, 6.07) is 22.8. The molecule has 0 radical (unpaired) electrons. The van der Waals surface area contributed by atoms with Gasteiger partial charge < -0.3 is 89.1 Å². The first-order valence-electron chi connectivity index (χ1n) is 43.1. The number of benzene rings is 4. The van der Waals surface area contributed by atoms with Crippen molar-refractivity contribution < 1.29 is 122 Å². The van der Waals surface area contributed by atoms with Crippen LogP contribution in [-0.4, -0.2) is 257 Å². The molecular formula is C91H112N14O26S4. The van der Waals surface area contributed by atoms with Gasteiger partial charge in [-0.2, -0.15) is 0 Å². The molecule has 8 atom stereocenters. The van der Waals surface area contributed by atoms with Gasteiger partial charge in [0.05, 0.1) is 121 Å². The van der Waals surface area contributed by atoms with Gasteiger partial charge in [-0.15, -0.1) is 35.8 Å². The number of esters is 1. The molecule has 8 amide bonds. The average Bonchev–Trinajstić information content (AvgIpc) is 1.58. The van der Waals surface area contributed by atoms with Gasteiger partial charge in [-0.05, 0) is 131 Å². The second kappa shape index (κ2) is 44.6. The van der Waals surface area contributed by atoms with Gasteiger partial charge in [0.1, 0.15) is 104 Å². The molecule has 2 saturated heterocycles. The number of nitrogens with one attached hydrogen (secondary N) is 8. The smallest absolute Gasteiger partial charge is 0.411 e. The standard InChI is InChI=1S/C46H57N7O13S2.C45H55N7O13S2/c1-9-28-23-46(28,42(57)52-68(59,60)38-13-11-10-12-32(38)49-39(54)25-64-19-18-63-17-16-40(55)62-8)51-41(56)36-21-30(24-53(36)44(58)66-45(4,5)6)65-37-22-34(35-26-67-43(50-35)47-27(2)3)48-33-20-29(61-7)14-15-31(33)37;1-8-27-22-45(27,41(57)51-67(59,60)37-12-10-9-11-31(37)48-38(53)24-63-18-17-62-16-15-39(54)55)50-40(56)35-20-29(23-52(35)43(58)65-44(4,5)6)64-36-21-33(34-25-66-42(49-34)46-26(2)3)47-32-19-28(61-7)13-14-30(32)36/h9-15,20,22,26-28,30,36H,1,16-19,21,23-25H2,2-8H3,(H,47,50)(H,49,54)(H,51,56)(H,52,57);8-14,19,21,25-27,29,35H,1,15-18,20,22-24H2,2-7H3,(H,46,49)(H,48,53)(H,50,56)(H,51,57)(H,54,55)/t28-,30-,36+,46-;27-,29-,35+,45-/m11/s1. The van der Waals surface area contributed by atoms with Crippen molar-refractivity contribution in [2.75, 3.05) is 109 Å². The summed E-state index contributed by atoms with van der Waals surface area (Å²) in [5, 5.41) is 32.2. The first kappa shape index (κ1) is 103. The molecule has 726 valence electrons. The first-order chi connectivity index (χ1) is 64.0. The number of sulfonamides is 2. The fraction of sp³-hybridized carbons (Fsp3) is 0.451. The minimum Gasteiger partial charge on any atom is -0.497 e. The highest BCUT2D eigenvalue weighted by atomic mass is 32.2. The van der Waals surface area contributed by atoms with Gasteiger partial charge in [0.25, 0.3) is 31.9 Å². The van der Waals surface area contributed by atoms with E-state index in [1.807, 2.05) is 38.5 Å². The Hall–Kier alpha value is -12.7. The Balaban J connectivity index is 0.000000260. The molecule has 9 N–H and O–H groups in total. The minimum atomic E-state index is -4.68. The van der Waals surface area contributed by atoms with Crippen molar-refractivity contribution in [2.24, 2.45) is 11.8 Å². The number of para-hydroxylation sites is 2. The zero-order valence-corrected chi connectivity index (χ0v) is 80.1. The summed E-state index contributed by atoms with van der Waals surface area (Å²) >= 11 is 2.86. The lowest BCUT2D eigenvalue weighted by Gasteiger charge is -2.29. The zero-order chi connectivity index (χ0) is 98.1. The molecule has 4 aromatic carbocycles. The van der Waals surface area contributed by atoms with Gasteiger partial charge in [-0.3, -0.25) is 48.2 Å². The van der Waals surface area contributed by atoms with Crippen LogP contribution in [0.1, 0.15) is 108 Å². The van der Waals surface area contributed by atoms with Crippen LogP contribution in [0.15, 0.2) is 143 Å². The number of hydrogen-bond donors (Lipinski definition) is 9. The first-order valence-corrected chi connectivity index (χ1v) is 47.9. The zero-order valence-electron chi connectivity index (χ0n) is 76.9. The Morgan fingerprint density at radius 2 is 0.919 bits per heavy atom. The summed E-state index contributed by atoms with van der Waals surface area (Å²) in [6.07, 6.45) is -0.488. The molecule has 12 rings (SSSR count). The van der Waals surface area contributed by atoms with Gasteiger partial charge in [0.15, 0.2) is 10.3 Å². The van der Waals surface area contributed by atoms with E-state index in [-0.39, 0.29) is 115 Å². The Bertz CT molecular complexity index is 5960. The van der Waals surface area contributed by atoms with Gasteiger partial charge >= 0.3 is 24.1 Å². The molecule has 2 aliphatic heterocycles. The third-order valence-corrected chi connectivity index (χ3v) is 25.4. The fourth-order valence-corrected chi connectivity index (χ4v) is 18.6. The number of amides is 8. The van der Waals surface area contributed by atoms with Crippen LogP contribution in [0.2, 0.25) is 0 Å². The molecule has 2 saturated carbocycles. The summed E-state index contributed by atoms with van der Waals surface area (Å²) in [6.45, 7) is 24.8. The summed E-state index contributed by atoms with van der Waals surface area (Å²) < 4.78 is 121. The van der Waals surface area contributed by atoms with Crippen LogP contribution in [0, 0.1) is 11.8 Å². The molecule has 4 fully saturated rings. The van der Waals surface area contributed by atoms with E-state index >= 15 is 0 Å². The predicted octanol–water partition coefficient (Wildman–Crippen LogP) is 10.0. The fourth-order valence-electron chi connectivity index (χ4n) is 14.5. The van der Waals surface area contributed by atoms with Crippen molar-refractivity contribution in [3.8, 4) is 45.8 Å². The van der Waals surface area contributed by atoms with E-state index in [1.54, 1.807) is 104 Å². The van der Waals surface area contributed by atoms with Crippen LogP contribution in [-0.2, 0) is 91.6 Å². The van der Waals surface area contributed by atoms with Crippen molar-refractivity contribution in [3.63, 3.8) is 0 Å². The maximum absolute atomic E-state index is 14.5. The minimum absolute atomic E-state index is 0.00130. The van der Waals surface area contributed by atoms with E-state index in [0.717, 1.165) is 0 Å². The second-order valence-corrected chi connectivity index (χ2v) is 39.5. The third-order valence-electron chi connectivity index (χ3n) is 21.1. The van der Waals surface area contributed by atoms with E-state index in [1.165, 1.54) is 100 Å². The van der Waals surface area contributed by atoms with Gasteiger partial charge in [0, 0.05) is 82.6 Å². The number of aromatic nitrogens is 4. The Morgan fingerprint density at radius 1 is 0.526 bits per heavy atom. The molecule has 4 aromatic heterocycles. The Morgan fingerprint density at radius 3 is 1.28 bits per heavy atom. The summed E-state index contributed by atoms with van der Waals surface area (Å²) in [5.74, 6) is -5.90. The summed E-state index contributed by atoms with van der Waals surface area (Å²) in [4.78, 5) is 153. The SMILES string of the molecule is C=C[C@@H]1C[C@]1(NC(=O)[C@@H]1C[C@@H](Oc2cc(-c3csc(NC(C)C)n3)nc3cc(OC)ccc23)CN1C(=O)OC(C)(C)C)C(=O)NS(=O)(=O)c1ccccc1NC(=O)COCCOCCC(=O)O.C=C[C@@H]1C[C@]1(NC(=O)[C@@H]1C[C@@H](Oc2cc(-c3csc(NC(C)C)n3)nc3cc(OC)ccc23)CN1C(=O)OC(C)(C)C)C(=O)NS(=O)(=O)c1ccccc1NC(=O)COCCOCCC(=O)OC. The molecule has 4 aliphatic rings. The lowest BCUT2D eigenvalue weighted by Crippen LogP contribution is -2.56. The number of pyridine rings is 2. The second-order valence-electron chi connectivity index (χ2n) is 34.5. The van der Waals surface area contributed by atoms with Crippen LogP contribution in [0.25, 0.3) is 44.6 Å². The quantitative estimate of drug-likeness (QED) is 0.00743. The monoisotopic (exact) mass is 1940 g/mol. The molecule has 2 aliphatic carbocycles. The van der Waals surface area contributed by atoms with Crippen molar-refractivity contribution in [3.05, 3.63) is 133 Å². The number of nitrogens with zero attached hydrogens (tertiary/aromatic N) is 6. The highest BCUT2D eigenvalue weighted by Crippen LogP contribution is 2.48. The number of carboxylic acid groups (broad SMARTS) is 1. The number of rotatable bonds is 42. The summed E-state index contributed by atoms with van der Waals surface area (Å²) in [5.41, 5.74) is -2.36. The predicted molar refractivity (Wildman–Crippen MR) is 499 cm³/mol. The molecule has 8 aromatic rings. The number of thiazole rings is 2. The molecule has 0 spiro atoms. The van der Waals surface area contributed by atoms with Gasteiger partial charge in [-0.1, -0.05) is 36.4 Å². The number of carbonyl (C=O) groups excluding carboxylic acids is 9. The van der Waals surface area contributed by atoms with E-state index in [9.17, 15) is 64.8 Å². The highest BCUT2D eigenvalue weighted by molar-refractivity contribution is 7.90. The number of carboxylic acids is 1. The van der Waals surface area contributed by atoms with Crippen LogP contribution >= 0.6 is 22.7 Å². The van der Waals surface area contributed by atoms with Gasteiger partial charge in [0.2, 0.25) is 23.6 Å². The molecule has 135 heavy (non-hydrogen) atoms. The Labute approximate surface area is 788 Å². The maximum Gasteiger partial charge on any atom is 0.411 e. The van der Waals surface area contributed by atoms with E-state index in [2.05, 4.69) is 59.2 Å². The average molecular weight is 1950 g/mol. The number of methoxy groups -OCH3 is 3. The number of fused-ring (bicyclic) bond motifs is 2.